The molecule has 1 fully saturated rings. The van der Waals surface area contributed by atoms with E-state index in [0.29, 0.717) is 23.3 Å². The Morgan fingerprint density at radius 1 is 1.20 bits per heavy atom. The molecule has 0 radical (unpaired) electrons. The molecule has 1 aromatic heterocycles. The van der Waals surface area contributed by atoms with Gasteiger partial charge in [0.25, 0.3) is 5.91 Å². The number of nitrogens with one attached hydrogen (secondary N) is 2. The van der Waals surface area contributed by atoms with Crippen molar-refractivity contribution in [3.8, 4) is 0 Å². The quantitative estimate of drug-likeness (QED) is 0.798. The van der Waals surface area contributed by atoms with Crippen LogP contribution in [0.25, 0.3) is 10.9 Å². The molecule has 1 aliphatic carbocycles. The first-order valence-electron chi connectivity index (χ1n) is 8.90. The smallest absolute Gasteiger partial charge is 0.267 e. The summed E-state index contributed by atoms with van der Waals surface area (Å²) in [5.41, 5.74) is 0.779. The van der Waals surface area contributed by atoms with Gasteiger partial charge in [-0.2, -0.15) is 0 Å². The van der Waals surface area contributed by atoms with Gasteiger partial charge in [0.1, 0.15) is 17.3 Å². The van der Waals surface area contributed by atoms with Crippen molar-refractivity contribution in [3.05, 3.63) is 35.5 Å². The van der Waals surface area contributed by atoms with Gasteiger partial charge in [-0.25, -0.2) is 8.78 Å². The van der Waals surface area contributed by atoms with E-state index in [1.165, 1.54) is 12.1 Å². The molecule has 0 saturated heterocycles. The second kappa shape index (κ2) is 6.11. The van der Waals surface area contributed by atoms with Crippen LogP contribution < -0.4 is 5.32 Å². The summed E-state index contributed by atoms with van der Waals surface area (Å²) in [6.45, 7) is 11.2. The van der Waals surface area contributed by atoms with Gasteiger partial charge in [0, 0.05) is 17.5 Å². The lowest BCUT2D eigenvalue weighted by atomic mass is 9.58. The molecule has 4 atom stereocenters. The van der Waals surface area contributed by atoms with Crippen molar-refractivity contribution in [2.45, 2.75) is 47.1 Å². The van der Waals surface area contributed by atoms with Crippen molar-refractivity contribution in [1.82, 2.24) is 10.3 Å². The molecular weight excluding hydrogens is 322 g/mol. The van der Waals surface area contributed by atoms with Gasteiger partial charge >= 0.3 is 0 Å². The maximum atomic E-state index is 13.8. The SMILES string of the molecule is C[C@@H]1[C@@H](NC(=O)c2cc3c(F)cc(F)cc3[nH]2)C[C@@H](C)C(C)(C)[C@H]1C. The Kier molecular flexibility index (Phi) is 4.38. The van der Waals surface area contributed by atoms with Gasteiger partial charge in [-0.15, -0.1) is 0 Å². The fraction of sp³-hybridized carbons (Fsp3) is 0.550. The molecule has 136 valence electrons. The summed E-state index contributed by atoms with van der Waals surface area (Å²) in [5.74, 6) is -0.306. The van der Waals surface area contributed by atoms with E-state index in [0.717, 1.165) is 12.5 Å². The Balaban J connectivity index is 1.82. The third-order valence-electron chi connectivity index (χ3n) is 6.69. The van der Waals surface area contributed by atoms with E-state index in [2.05, 4.69) is 44.9 Å². The van der Waals surface area contributed by atoms with Gasteiger partial charge in [-0.1, -0.05) is 34.6 Å². The van der Waals surface area contributed by atoms with Crippen LogP contribution in [0.15, 0.2) is 18.2 Å². The van der Waals surface area contributed by atoms with Crippen LogP contribution in [-0.4, -0.2) is 16.9 Å². The van der Waals surface area contributed by atoms with Crippen molar-refractivity contribution in [1.29, 1.82) is 0 Å². The van der Waals surface area contributed by atoms with Crippen LogP contribution in [0.4, 0.5) is 8.78 Å². The molecule has 25 heavy (non-hydrogen) atoms. The molecule has 1 heterocycles. The van der Waals surface area contributed by atoms with Crippen LogP contribution in [0.3, 0.4) is 0 Å². The van der Waals surface area contributed by atoms with Gasteiger partial charge in [0.2, 0.25) is 0 Å². The number of H-pyrrole nitrogens is 1. The van der Waals surface area contributed by atoms with E-state index < -0.39 is 11.6 Å². The van der Waals surface area contributed by atoms with Crippen LogP contribution in [0, 0.1) is 34.8 Å². The van der Waals surface area contributed by atoms with Crippen LogP contribution >= 0.6 is 0 Å². The average Bonchev–Trinajstić information content (AvgIpc) is 2.95. The molecule has 2 N–H and O–H groups in total. The van der Waals surface area contributed by atoms with Gasteiger partial charge in [0.15, 0.2) is 0 Å². The summed E-state index contributed by atoms with van der Waals surface area (Å²) in [7, 11) is 0. The van der Waals surface area contributed by atoms with Crippen molar-refractivity contribution < 1.29 is 13.6 Å². The second-order valence-corrected chi connectivity index (χ2v) is 8.22. The number of aromatic nitrogens is 1. The van der Waals surface area contributed by atoms with Crippen molar-refractivity contribution in [2.75, 3.05) is 0 Å². The summed E-state index contributed by atoms with van der Waals surface area (Å²) in [6, 6.07) is 3.54. The van der Waals surface area contributed by atoms with E-state index in [1.54, 1.807) is 0 Å². The van der Waals surface area contributed by atoms with Crippen LogP contribution in [0.2, 0.25) is 0 Å². The normalized spacial score (nSPS) is 28.9. The first-order valence-corrected chi connectivity index (χ1v) is 8.90. The predicted molar refractivity (Wildman–Crippen MR) is 95.4 cm³/mol. The van der Waals surface area contributed by atoms with E-state index >= 15 is 0 Å². The van der Waals surface area contributed by atoms with Crippen molar-refractivity contribution >= 4 is 16.8 Å². The van der Waals surface area contributed by atoms with Crippen LogP contribution in [-0.2, 0) is 0 Å². The summed E-state index contributed by atoms with van der Waals surface area (Å²) in [5, 5.41) is 3.32. The highest BCUT2D eigenvalue weighted by molar-refractivity contribution is 5.98. The molecule has 2 aromatic rings. The first kappa shape index (κ1) is 17.9. The Labute approximate surface area is 147 Å². The van der Waals surface area contributed by atoms with Crippen LogP contribution in [0.5, 0.6) is 0 Å². The van der Waals surface area contributed by atoms with E-state index in [1.807, 2.05) is 0 Å². The summed E-state index contributed by atoms with van der Waals surface area (Å²) < 4.78 is 27.2. The molecule has 0 unspecified atom stereocenters. The van der Waals surface area contributed by atoms with Crippen LogP contribution in [0.1, 0.15) is 51.5 Å². The van der Waals surface area contributed by atoms with Gasteiger partial charge in [-0.3, -0.25) is 4.79 Å². The van der Waals surface area contributed by atoms with E-state index in [-0.39, 0.29) is 28.4 Å². The molecule has 3 nitrogen and oxygen atoms in total. The number of hydrogen-bond donors (Lipinski definition) is 2. The monoisotopic (exact) mass is 348 g/mol. The Bertz CT molecular complexity index is 811. The Morgan fingerprint density at radius 2 is 1.88 bits per heavy atom. The number of halogens is 2. The minimum Gasteiger partial charge on any atom is -0.350 e. The highest BCUT2D eigenvalue weighted by Crippen LogP contribution is 2.47. The molecule has 1 amide bonds. The summed E-state index contributed by atoms with van der Waals surface area (Å²) in [4.78, 5) is 15.5. The molecule has 3 rings (SSSR count). The standard InChI is InChI=1S/C20H26F2N2O/c1-10-6-16(11(2)12(3)20(10,4)5)24-19(25)18-9-14-15(22)7-13(21)8-17(14)23-18/h7-12,16,23H,6H2,1-5H3,(H,24,25)/t10-,11+,12+,16+/m1/s1. The van der Waals surface area contributed by atoms with Gasteiger partial charge < -0.3 is 10.3 Å². The third kappa shape index (κ3) is 3.05. The lowest BCUT2D eigenvalue weighted by Crippen LogP contribution is -2.52. The zero-order chi connectivity index (χ0) is 18.5. The second-order valence-electron chi connectivity index (χ2n) is 8.22. The topological polar surface area (TPSA) is 44.9 Å². The molecular formula is C20H26F2N2O. The number of rotatable bonds is 2. The van der Waals surface area contributed by atoms with Crippen molar-refractivity contribution in [2.24, 2.45) is 23.2 Å². The lowest BCUT2D eigenvalue weighted by Gasteiger charge is -2.49. The number of carbonyl (C=O) groups excluding carboxylic acids is 1. The number of fused-ring (bicyclic) bond motifs is 1. The molecule has 1 saturated carbocycles. The maximum absolute atomic E-state index is 13.8. The van der Waals surface area contributed by atoms with Gasteiger partial charge in [-0.05, 0) is 41.7 Å². The Hall–Kier alpha value is -1.91. The average molecular weight is 348 g/mol. The number of amides is 1. The zero-order valence-corrected chi connectivity index (χ0v) is 15.4. The number of carbonyl (C=O) groups is 1. The third-order valence-corrected chi connectivity index (χ3v) is 6.69. The number of benzene rings is 1. The molecule has 0 spiro atoms. The summed E-state index contributed by atoms with van der Waals surface area (Å²) >= 11 is 0. The minimum absolute atomic E-state index is 0.0681. The minimum atomic E-state index is -0.666. The molecule has 5 heteroatoms. The zero-order valence-electron chi connectivity index (χ0n) is 15.4. The van der Waals surface area contributed by atoms with Gasteiger partial charge in [0.05, 0.1) is 5.52 Å². The fourth-order valence-corrected chi connectivity index (χ4v) is 4.09. The van der Waals surface area contributed by atoms with Crippen molar-refractivity contribution in [3.63, 3.8) is 0 Å². The lowest BCUT2D eigenvalue weighted by molar-refractivity contribution is 0.0155. The van der Waals surface area contributed by atoms with E-state index in [9.17, 15) is 13.6 Å². The molecule has 0 aliphatic heterocycles. The predicted octanol–water partition coefficient (Wildman–Crippen LogP) is 4.88. The highest BCUT2D eigenvalue weighted by Gasteiger charge is 2.44. The largest absolute Gasteiger partial charge is 0.350 e. The first-order chi connectivity index (χ1) is 11.6. The number of aromatic amines is 1. The maximum Gasteiger partial charge on any atom is 0.267 e. The highest BCUT2D eigenvalue weighted by atomic mass is 19.1. The molecule has 0 bridgehead atoms. The molecule has 1 aliphatic rings. The Morgan fingerprint density at radius 3 is 2.56 bits per heavy atom. The fourth-order valence-electron chi connectivity index (χ4n) is 4.09. The number of hydrogen-bond acceptors (Lipinski definition) is 1. The van der Waals surface area contributed by atoms with E-state index in [4.69, 9.17) is 0 Å². The summed E-state index contributed by atoms with van der Waals surface area (Å²) in [6.07, 6.45) is 0.910. The molecule has 1 aromatic carbocycles.